The summed E-state index contributed by atoms with van der Waals surface area (Å²) in [5.74, 6) is 1.36. The minimum atomic E-state index is -3.55. The van der Waals surface area contributed by atoms with Crippen molar-refractivity contribution in [2.24, 2.45) is 0 Å². The van der Waals surface area contributed by atoms with Gasteiger partial charge in [-0.3, -0.25) is 4.90 Å². The second kappa shape index (κ2) is 7.98. The Hall–Kier alpha value is -2.49. The molecule has 0 atom stereocenters. The van der Waals surface area contributed by atoms with Crippen LogP contribution in [-0.2, 0) is 16.6 Å². The van der Waals surface area contributed by atoms with E-state index in [0.717, 1.165) is 22.3 Å². The van der Waals surface area contributed by atoms with Crippen molar-refractivity contribution in [3.8, 4) is 11.7 Å². The van der Waals surface area contributed by atoms with Crippen LogP contribution in [0, 0.1) is 27.7 Å². The molecule has 2 aromatic heterocycles. The first kappa shape index (κ1) is 20.8. The van der Waals surface area contributed by atoms with Crippen molar-refractivity contribution in [3.63, 3.8) is 0 Å². The van der Waals surface area contributed by atoms with Gasteiger partial charge in [0.05, 0.1) is 17.7 Å². The number of furan rings is 1. The van der Waals surface area contributed by atoms with Gasteiger partial charge in [0.25, 0.3) is 5.89 Å². The molecule has 3 heterocycles. The molecule has 4 rings (SSSR count). The first-order chi connectivity index (χ1) is 14.3. The summed E-state index contributed by atoms with van der Waals surface area (Å²) in [5.41, 5.74) is 3.66. The molecule has 1 fully saturated rings. The fourth-order valence-corrected chi connectivity index (χ4v) is 5.83. The van der Waals surface area contributed by atoms with E-state index in [1.807, 2.05) is 33.8 Å². The van der Waals surface area contributed by atoms with E-state index in [0.29, 0.717) is 55.2 Å². The molecule has 0 radical (unpaired) electrons. The van der Waals surface area contributed by atoms with Crippen molar-refractivity contribution in [2.45, 2.75) is 39.1 Å². The van der Waals surface area contributed by atoms with Crippen LogP contribution in [0.25, 0.3) is 11.7 Å². The molecule has 0 amide bonds. The Morgan fingerprint density at radius 2 is 1.67 bits per heavy atom. The zero-order valence-electron chi connectivity index (χ0n) is 17.7. The highest BCUT2D eigenvalue weighted by molar-refractivity contribution is 7.89. The van der Waals surface area contributed by atoms with Crippen LogP contribution in [0.5, 0.6) is 0 Å². The van der Waals surface area contributed by atoms with Crippen LogP contribution in [0.3, 0.4) is 0 Å². The third-order valence-electron chi connectivity index (χ3n) is 5.78. The SMILES string of the molecule is Cc1cc(C)c(C)c(S(=O)(=O)N2CCN(Cc3nnc(-c4ccco4)o3)CC2)c1C. The molecule has 0 saturated carbocycles. The van der Waals surface area contributed by atoms with Gasteiger partial charge >= 0.3 is 0 Å². The molecule has 1 aliphatic rings. The number of hydrogen-bond acceptors (Lipinski definition) is 7. The van der Waals surface area contributed by atoms with Gasteiger partial charge in [0.15, 0.2) is 5.76 Å². The van der Waals surface area contributed by atoms with Crippen molar-refractivity contribution in [1.29, 1.82) is 0 Å². The van der Waals surface area contributed by atoms with Crippen molar-refractivity contribution < 1.29 is 17.3 Å². The zero-order chi connectivity index (χ0) is 21.5. The van der Waals surface area contributed by atoms with E-state index >= 15 is 0 Å². The number of sulfonamides is 1. The van der Waals surface area contributed by atoms with Gasteiger partial charge in [-0.15, -0.1) is 10.2 Å². The second-order valence-corrected chi connectivity index (χ2v) is 9.62. The van der Waals surface area contributed by atoms with Crippen LogP contribution in [0.15, 0.2) is 38.2 Å². The normalized spacial score (nSPS) is 16.3. The van der Waals surface area contributed by atoms with Crippen LogP contribution in [0.2, 0.25) is 0 Å². The van der Waals surface area contributed by atoms with Gasteiger partial charge in [0.2, 0.25) is 15.9 Å². The van der Waals surface area contributed by atoms with Gasteiger partial charge in [0.1, 0.15) is 0 Å². The summed E-state index contributed by atoms with van der Waals surface area (Å²) in [5, 5.41) is 8.08. The maximum absolute atomic E-state index is 13.4. The Labute approximate surface area is 176 Å². The number of benzene rings is 1. The number of aromatic nitrogens is 2. The number of aryl methyl sites for hydroxylation is 2. The molecule has 0 spiro atoms. The van der Waals surface area contributed by atoms with E-state index in [1.54, 1.807) is 22.7 Å². The highest BCUT2D eigenvalue weighted by Gasteiger charge is 2.32. The van der Waals surface area contributed by atoms with Crippen molar-refractivity contribution in [3.05, 3.63) is 52.6 Å². The van der Waals surface area contributed by atoms with E-state index in [4.69, 9.17) is 8.83 Å². The van der Waals surface area contributed by atoms with Crippen LogP contribution < -0.4 is 0 Å². The summed E-state index contributed by atoms with van der Waals surface area (Å²) >= 11 is 0. The Morgan fingerprint density at radius 1 is 1.00 bits per heavy atom. The predicted octanol–water partition coefficient (Wildman–Crippen LogP) is 3.07. The van der Waals surface area contributed by atoms with Gasteiger partial charge in [-0.2, -0.15) is 4.31 Å². The van der Waals surface area contributed by atoms with Gasteiger partial charge in [-0.25, -0.2) is 8.42 Å². The lowest BCUT2D eigenvalue weighted by atomic mass is 10.0. The quantitative estimate of drug-likeness (QED) is 0.614. The van der Waals surface area contributed by atoms with Crippen molar-refractivity contribution in [1.82, 2.24) is 19.4 Å². The molecule has 9 heteroatoms. The largest absolute Gasteiger partial charge is 0.459 e. The molecule has 0 aliphatic carbocycles. The highest BCUT2D eigenvalue weighted by atomic mass is 32.2. The standard InChI is InChI=1S/C21H26N4O4S/c1-14-12-15(2)17(4)20(16(14)3)30(26,27)25-9-7-24(8-10-25)13-19-22-23-21(29-19)18-6-5-11-28-18/h5-6,11-12H,7-10,13H2,1-4H3. The molecule has 0 bridgehead atoms. The average Bonchev–Trinajstić information content (AvgIpc) is 3.39. The number of piperazine rings is 1. The molecule has 1 saturated heterocycles. The first-order valence-corrected chi connectivity index (χ1v) is 11.4. The summed E-state index contributed by atoms with van der Waals surface area (Å²) in [4.78, 5) is 2.57. The van der Waals surface area contributed by atoms with Gasteiger partial charge in [-0.05, 0) is 62.1 Å². The summed E-state index contributed by atoms with van der Waals surface area (Å²) in [6, 6.07) is 5.57. The molecule has 1 aliphatic heterocycles. The van der Waals surface area contributed by atoms with Crippen LogP contribution in [-0.4, -0.2) is 54.0 Å². The Morgan fingerprint density at radius 3 is 2.27 bits per heavy atom. The van der Waals surface area contributed by atoms with E-state index < -0.39 is 10.0 Å². The summed E-state index contributed by atoms with van der Waals surface area (Å²) in [7, 11) is -3.55. The molecule has 0 N–H and O–H groups in total. The summed E-state index contributed by atoms with van der Waals surface area (Å²) < 4.78 is 39.3. The van der Waals surface area contributed by atoms with E-state index in [2.05, 4.69) is 15.1 Å². The topological polar surface area (TPSA) is 92.7 Å². The van der Waals surface area contributed by atoms with Crippen molar-refractivity contribution in [2.75, 3.05) is 26.2 Å². The minimum absolute atomic E-state index is 0.344. The smallest absolute Gasteiger partial charge is 0.283 e. The number of rotatable bonds is 5. The lowest BCUT2D eigenvalue weighted by Gasteiger charge is -2.34. The van der Waals surface area contributed by atoms with E-state index in [9.17, 15) is 8.42 Å². The van der Waals surface area contributed by atoms with E-state index in [1.165, 1.54) is 0 Å². The van der Waals surface area contributed by atoms with Crippen LogP contribution >= 0.6 is 0 Å². The van der Waals surface area contributed by atoms with Crippen LogP contribution in [0.4, 0.5) is 0 Å². The third-order valence-corrected chi connectivity index (χ3v) is 7.96. The summed E-state index contributed by atoms with van der Waals surface area (Å²) in [6.45, 7) is 10.2. The second-order valence-electron chi connectivity index (χ2n) is 7.75. The fraction of sp³-hybridized carbons (Fsp3) is 0.429. The predicted molar refractivity (Wildman–Crippen MR) is 111 cm³/mol. The van der Waals surface area contributed by atoms with E-state index in [-0.39, 0.29) is 0 Å². The van der Waals surface area contributed by atoms with Gasteiger partial charge in [0, 0.05) is 26.2 Å². The Kier molecular flexibility index (Phi) is 5.52. The number of hydrogen-bond donors (Lipinski definition) is 0. The molecule has 1 aromatic carbocycles. The Bertz CT molecular complexity index is 1120. The molecular weight excluding hydrogens is 404 g/mol. The summed E-state index contributed by atoms with van der Waals surface area (Å²) in [6.07, 6.45) is 1.55. The molecular formula is C21H26N4O4S. The fourth-order valence-electron chi connectivity index (χ4n) is 3.83. The van der Waals surface area contributed by atoms with Gasteiger partial charge < -0.3 is 8.83 Å². The third kappa shape index (κ3) is 3.80. The maximum Gasteiger partial charge on any atom is 0.283 e. The average molecular weight is 431 g/mol. The lowest BCUT2D eigenvalue weighted by Crippen LogP contribution is -2.48. The molecule has 160 valence electrons. The van der Waals surface area contributed by atoms with Gasteiger partial charge in [-0.1, -0.05) is 6.07 Å². The molecule has 30 heavy (non-hydrogen) atoms. The first-order valence-electron chi connectivity index (χ1n) is 9.93. The van der Waals surface area contributed by atoms with Crippen molar-refractivity contribution >= 4 is 10.0 Å². The number of nitrogens with zero attached hydrogens (tertiary/aromatic N) is 4. The maximum atomic E-state index is 13.4. The zero-order valence-corrected chi connectivity index (χ0v) is 18.5. The molecule has 0 unspecified atom stereocenters. The Balaban J connectivity index is 1.45. The minimum Gasteiger partial charge on any atom is -0.459 e. The molecule has 8 nitrogen and oxygen atoms in total. The monoisotopic (exact) mass is 430 g/mol. The lowest BCUT2D eigenvalue weighted by molar-refractivity contribution is 0.168. The molecule has 3 aromatic rings. The van der Waals surface area contributed by atoms with Crippen LogP contribution in [0.1, 0.15) is 28.1 Å². The highest BCUT2D eigenvalue weighted by Crippen LogP contribution is 2.29.